The maximum Gasteiger partial charge on any atom is 0.246 e. The van der Waals surface area contributed by atoms with Crippen molar-refractivity contribution in [2.75, 3.05) is 26.2 Å². The number of nitrogens with two attached hydrogens (primary N) is 1. The summed E-state index contributed by atoms with van der Waals surface area (Å²) < 4.78 is 0. The normalized spacial score (nSPS) is 30.0. The molecule has 2 aliphatic rings. The van der Waals surface area contributed by atoms with Crippen molar-refractivity contribution in [3.63, 3.8) is 0 Å². The number of fused-ring (bicyclic) bond motifs is 1. The van der Waals surface area contributed by atoms with E-state index in [1.807, 2.05) is 13.8 Å². The van der Waals surface area contributed by atoms with E-state index >= 15 is 0 Å². The zero-order chi connectivity index (χ0) is 58.6. The molecule has 0 radical (unpaired) electrons. The quantitative estimate of drug-likeness (QED) is 0.122. The molecule has 2 fully saturated rings. The van der Waals surface area contributed by atoms with Crippen LogP contribution in [-0.4, -0.2) is 159 Å². The van der Waals surface area contributed by atoms with Crippen LogP contribution in [0.4, 0.5) is 0 Å². The van der Waals surface area contributed by atoms with Crippen molar-refractivity contribution >= 4 is 47.3 Å². The van der Waals surface area contributed by atoms with Gasteiger partial charge in [-0.15, -0.1) is 0 Å². The number of amides is 8. The first-order chi connectivity index (χ1) is 38.1. The van der Waals surface area contributed by atoms with E-state index in [0.717, 1.165) is 0 Å². The molecule has 2 heterocycles. The zero-order valence-corrected chi connectivity index (χ0v) is 46.9. The Morgan fingerprint density at radius 3 is 1.41 bits per heavy atom. The summed E-state index contributed by atoms with van der Waals surface area (Å²) in [5.74, 6) is -9.99. The highest BCUT2D eigenvalue weighted by Gasteiger charge is 2.41. The summed E-state index contributed by atoms with van der Waals surface area (Å²) in [4.78, 5) is 116. The lowest BCUT2D eigenvalue weighted by molar-refractivity contribution is -0.142. The van der Waals surface area contributed by atoms with Gasteiger partial charge < -0.3 is 68.3 Å². The van der Waals surface area contributed by atoms with Crippen molar-refractivity contribution in [2.24, 2.45) is 35.3 Å². The number of aliphatic hydroxyl groups is 4. The second-order valence-corrected chi connectivity index (χ2v) is 22.0. The van der Waals surface area contributed by atoms with Crippen LogP contribution in [0.15, 0.2) is 91.0 Å². The molecule has 13 N–H and O–H groups in total. The molecule has 0 saturated carbocycles. The molecule has 0 aliphatic carbocycles. The Kier molecular flexibility index (Phi) is 25.0. The standard InChI is InChI=1S/C59H85N9O12/c1-34(2)28-43-56(77)67-46(31-41-22-14-9-15-23-41)59(80)68-27-17-25-47(68)58(79)66-45(30-40-20-12-8-13-21-40)57(78)65-44(29-39-18-10-7-11-19-39)54(75)62-33-49(70)35(3)50(71)37(5)52(73)61-32-48(69)36(4)51(72)38(6)53(74)63-42(24-16-26-60)55(76)64-43/h7-15,18-23,34-38,42-51,69-72H,16-17,24-33,60H2,1-6H3,(H,61,73)(H,62,75)(H,63,74)(H,64,76)(H,65,78)(H,66,79)(H,67,77)/t35-,36+,37+,38+,42+,43+,44-,45+,46-,47+,48-,49-,50+,51-/m1/s1. The maximum atomic E-state index is 15.0. The molecule has 80 heavy (non-hydrogen) atoms. The first-order valence-electron chi connectivity index (χ1n) is 28.0. The van der Waals surface area contributed by atoms with Crippen LogP contribution in [-0.2, 0) is 57.6 Å². The largest absolute Gasteiger partial charge is 0.392 e. The first kappa shape index (κ1) is 64.0. The van der Waals surface area contributed by atoms with Gasteiger partial charge in [0, 0.05) is 50.7 Å². The van der Waals surface area contributed by atoms with Gasteiger partial charge >= 0.3 is 0 Å². The van der Waals surface area contributed by atoms with Crippen LogP contribution in [0.3, 0.4) is 0 Å². The number of nitrogens with zero attached hydrogens (tertiary/aromatic N) is 1. The monoisotopic (exact) mass is 1110 g/mol. The van der Waals surface area contributed by atoms with Gasteiger partial charge in [0.1, 0.15) is 36.3 Å². The molecule has 0 bridgehead atoms. The number of rotatable bonds is 11. The molecule has 0 spiro atoms. The number of carbonyl (C=O) groups excluding carboxylic acids is 8. The second kappa shape index (κ2) is 31.3. The third-order valence-corrected chi connectivity index (χ3v) is 15.4. The van der Waals surface area contributed by atoms with Gasteiger partial charge in [-0.1, -0.05) is 133 Å². The van der Waals surface area contributed by atoms with Crippen LogP contribution in [0, 0.1) is 29.6 Å². The third kappa shape index (κ3) is 18.7. The molecule has 14 atom stereocenters. The van der Waals surface area contributed by atoms with Gasteiger partial charge in [0.05, 0.1) is 36.3 Å². The Labute approximate surface area is 469 Å². The van der Waals surface area contributed by atoms with Crippen LogP contribution >= 0.6 is 0 Å². The zero-order valence-electron chi connectivity index (χ0n) is 46.9. The van der Waals surface area contributed by atoms with Crippen molar-refractivity contribution in [1.82, 2.24) is 42.1 Å². The van der Waals surface area contributed by atoms with E-state index in [2.05, 4.69) is 37.2 Å². The lowest BCUT2D eigenvalue weighted by atomic mass is 9.87. The Morgan fingerprint density at radius 2 is 0.912 bits per heavy atom. The van der Waals surface area contributed by atoms with Gasteiger partial charge in [0.25, 0.3) is 0 Å². The molecule has 21 nitrogen and oxygen atoms in total. The van der Waals surface area contributed by atoms with Gasteiger partial charge in [-0.05, 0) is 61.3 Å². The molecule has 21 heteroatoms. The molecule has 438 valence electrons. The minimum absolute atomic E-state index is 0.000495. The number of carbonyl (C=O) groups is 8. The SMILES string of the molecule is CC(C)C[C@@H]1NC(=O)[C@H](CCCN)NC(=O)[C@@H](C)[C@H](O)[C@@H](C)[C@H](O)CNC(=O)[C@@H](C)[C@@H](O)[C@H](C)[C@H](O)CNC(=O)[C@@H](Cc2ccccc2)NC(=O)[C@H](Cc2ccccc2)NC(=O)[C@@H]2CCCN2C(=O)[C@@H](Cc2ccccc2)NC1=O. The summed E-state index contributed by atoms with van der Waals surface area (Å²) in [6.07, 6.45) is -4.64. The van der Waals surface area contributed by atoms with E-state index in [4.69, 9.17) is 5.73 Å². The van der Waals surface area contributed by atoms with Crippen molar-refractivity contribution in [3.05, 3.63) is 108 Å². The number of benzene rings is 3. The Balaban J connectivity index is 1.52. The van der Waals surface area contributed by atoms with Crippen molar-refractivity contribution in [3.8, 4) is 0 Å². The number of aliphatic hydroxyl groups excluding tert-OH is 4. The Bertz CT molecular complexity index is 2510. The second-order valence-electron chi connectivity index (χ2n) is 22.0. The van der Waals surface area contributed by atoms with E-state index in [-0.39, 0.29) is 64.0 Å². The van der Waals surface area contributed by atoms with Gasteiger partial charge in [-0.25, -0.2) is 0 Å². The smallest absolute Gasteiger partial charge is 0.246 e. The lowest BCUT2D eigenvalue weighted by Gasteiger charge is -2.32. The topological polar surface area (TPSA) is 331 Å². The molecule has 2 aliphatic heterocycles. The lowest BCUT2D eigenvalue weighted by Crippen LogP contribution is -2.60. The van der Waals surface area contributed by atoms with Gasteiger partial charge in [0.2, 0.25) is 47.3 Å². The summed E-state index contributed by atoms with van der Waals surface area (Å²) >= 11 is 0. The highest BCUT2D eigenvalue weighted by atomic mass is 16.3. The van der Waals surface area contributed by atoms with Crippen molar-refractivity contribution in [2.45, 2.75) is 154 Å². The van der Waals surface area contributed by atoms with Crippen LogP contribution in [0.1, 0.15) is 90.3 Å². The first-order valence-corrected chi connectivity index (χ1v) is 28.0. The van der Waals surface area contributed by atoms with E-state index in [1.54, 1.807) is 91.0 Å². The fourth-order valence-corrected chi connectivity index (χ4v) is 10.1. The summed E-state index contributed by atoms with van der Waals surface area (Å²) in [5.41, 5.74) is 7.89. The number of hydrogen-bond acceptors (Lipinski definition) is 13. The van der Waals surface area contributed by atoms with Crippen LogP contribution < -0.4 is 43.0 Å². The highest BCUT2D eigenvalue weighted by molar-refractivity contribution is 5.97. The summed E-state index contributed by atoms with van der Waals surface area (Å²) in [6.45, 7) is 9.00. The molecule has 2 saturated heterocycles. The van der Waals surface area contributed by atoms with Crippen molar-refractivity contribution in [1.29, 1.82) is 0 Å². The number of nitrogens with one attached hydrogen (secondary N) is 7. The minimum Gasteiger partial charge on any atom is -0.392 e. The molecule has 0 aromatic heterocycles. The van der Waals surface area contributed by atoms with Crippen LogP contribution in [0.25, 0.3) is 0 Å². The third-order valence-electron chi connectivity index (χ3n) is 15.4. The van der Waals surface area contributed by atoms with E-state index in [9.17, 15) is 58.8 Å². The summed E-state index contributed by atoms with van der Waals surface area (Å²) in [6, 6.07) is 19.5. The number of hydrogen-bond donors (Lipinski definition) is 12. The predicted octanol–water partition coefficient (Wildman–Crippen LogP) is 0.149. The van der Waals surface area contributed by atoms with Gasteiger partial charge in [-0.2, -0.15) is 0 Å². The highest BCUT2D eigenvalue weighted by Crippen LogP contribution is 2.23. The maximum absolute atomic E-state index is 15.0. The molecule has 3 aromatic carbocycles. The van der Waals surface area contributed by atoms with Gasteiger partial charge in [-0.3, -0.25) is 38.4 Å². The molecule has 3 aromatic rings. The van der Waals surface area contributed by atoms with Gasteiger partial charge in [0.15, 0.2) is 0 Å². The van der Waals surface area contributed by atoms with E-state index in [1.165, 1.54) is 32.6 Å². The van der Waals surface area contributed by atoms with Crippen LogP contribution in [0.2, 0.25) is 0 Å². The fraction of sp³-hybridized carbons (Fsp3) is 0.559. The average molecular weight is 1110 g/mol. The predicted molar refractivity (Wildman–Crippen MR) is 299 cm³/mol. The van der Waals surface area contributed by atoms with E-state index < -0.39 is 145 Å². The molecule has 0 unspecified atom stereocenters. The minimum atomic E-state index is -1.49. The van der Waals surface area contributed by atoms with Crippen LogP contribution in [0.5, 0.6) is 0 Å². The fourth-order valence-electron chi connectivity index (χ4n) is 10.1. The molecular formula is C59H85N9O12. The molecule has 8 amide bonds. The Morgan fingerprint density at radius 1 is 0.512 bits per heavy atom. The molecule has 5 rings (SSSR count). The summed E-state index contributed by atoms with van der Waals surface area (Å²) in [7, 11) is 0. The molecular weight excluding hydrogens is 1030 g/mol. The average Bonchev–Trinajstić information content (AvgIpc) is 3.95. The number of β-amino-alcohol motifs (C(OH)–C–C–N with tert-alkyl or cyclic N) is 2. The van der Waals surface area contributed by atoms with E-state index in [0.29, 0.717) is 23.1 Å². The van der Waals surface area contributed by atoms with Crippen molar-refractivity contribution < 1.29 is 58.8 Å². The summed E-state index contributed by atoms with van der Waals surface area (Å²) in [5, 5.41) is 64.4. The Hall–Kier alpha value is -6.78.